The van der Waals surface area contributed by atoms with Gasteiger partial charge < -0.3 is 40.5 Å². The number of hydrogen-bond donors (Lipinski definition) is 5. The highest BCUT2D eigenvalue weighted by atomic mass is 35.5. The first-order valence-corrected chi connectivity index (χ1v) is 27.2. The van der Waals surface area contributed by atoms with Gasteiger partial charge in [-0.25, -0.2) is 4.98 Å². The summed E-state index contributed by atoms with van der Waals surface area (Å²) in [7, 11) is 0. The number of aromatic hydroxyl groups is 2. The van der Waals surface area contributed by atoms with Gasteiger partial charge >= 0.3 is 0 Å². The van der Waals surface area contributed by atoms with Crippen molar-refractivity contribution < 1.29 is 39.2 Å². The summed E-state index contributed by atoms with van der Waals surface area (Å²) in [6, 6.07) is 28.3. The van der Waals surface area contributed by atoms with Gasteiger partial charge in [0, 0.05) is 71.0 Å². The smallest absolute Gasteiger partial charge is 0.246 e. The first kappa shape index (κ1) is 55.5. The minimum atomic E-state index is -0.891. The molecule has 16 heteroatoms. The third-order valence-corrected chi connectivity index (χ3v) is 15.0. The molecule has 0 unspecified atom stereocenters. The average molecular weight is 1050 g/mol. The monoisotopic (exact) mass is 1050 g/mol. The van der Waals surface area contributed by atoms with E-state index in [1.807, 2.05) is 111 Å². The molecule has 0 radical (unpaired) electrons. The number of nitrogens with one attached hydrogen (secondary N) is 2. The topological polar surface area (TPSA) is 185 Å². The molecule has 2 aliphatic heterocycles. The van der Waals surface area contributed by atoms with Gasteiger partial charge in [-0.3, -0.25) is 24.1 Å². The van der Waals surface area contributed by atoms with Crippen molar-refractivity contribution in [1.29, 1.82) is 0 Å². The van der Waals surface area contributed by atoms with E-state index in [-0.39, 0.29) is 55.2 Å². The van der Waals surface area contributed by atoms with Crippen molar-refractivity contribution in [3.63, 3.8) is 0 Å². The van der Waals surface area contributed by atoms with Crippen molar-refractivity contribution >= 4 is 57.7 Å². The van der Waals surface area contributed by atoms with Crippen molar-refractivity contribution in [1.82, 2.24) is 30.3 Å². The highest BCUT2D eigenvalue weighted by molar-refractivity contribution is 7.13. The lowest BCUT2D eigenvalue weighted by atomic mass is 9.85. The summed E-state index contributed by atoms with van der Waals surface area (Å²) in [4.78, 5) is 65.0. The second-order valence-corrected chi connectivity index (χ2v) is 21.6. The minimum Gasteiger partial charge on any atom is -0.508 e. The van der Waals surface area contributed by atoms with Crippen molar-refractivity contribution in [2.75, 3.05) is 51.8 Å². The number of phenolic OH excluding ortho intramolecular Hbond substituents is 2. The molecule has 394 valence electrons. The van der Waals surface area contributed by atoms with Crippen LogP contribution in [0.15, 0.2) is 103 Å². The van der Waals surface area contributed by atoms with Gasteiger partial charge in [-0.15, -0.1) is 22.9 Å². The van der Waals surface area contributed by atoms with Crippen LogP contribution in [-0.2, 0) is 25.7 Å². The van der Waals surface area contributed by atoms with Crippen molar-refractivity contribution in [3.8, 4) is 27.7 Å². The fraction of sp³-hybridized carbons (Fsp3) is 0.431. The number of amides is 4. The maximum Gasteiger partial charge on any atom is 0.246 e. The third kappa shape index (κ3) is 15.2. The van der Waals surface area contributed by atoms with Gasteiger partial charge in [0.15, 0.2) is 0 Å². The van der Waals surface area contributed by atoms with Crippen LogP contribution in [0.1, 0.15) is 100 Å². The third-order valence-electron chi connectivity index (χ3n) is 13.8. The zero-order chi connectivity index (χ0) is 52.8. The van der Waals surface area contributed by atoms with Crippen molar-refractivity contribution in [3.05, 3.63) is 131 Å². The van der Waals surface area contributed by atoms with E-state index in [2.05, 4.69) is 20.5 Å². The number of carbonyl (C=O) groups is 4. The Kier molecular flexibility index (Phi) is 19.7. The number of benzene rings is 4. The normalized spacial score (nSPS) is 16.9. The number of halogens is 1. The number of phenols is 2. The van der Waals surface area contributed by atoms with E-state index in [4.69, 9.17) is 16.3 Å². The Morgan fingerprint density at radius 2 is 1.41 bits per heavy atom. The van der Waals surface area contributed by atoms with Crippen LogP contribution in [0.3, 0.4) is 0 Å². The summed E-state index contributed by atoms with van der Waals surface area (Å²) < 4.78 is 6.17. The molecule has 3 heterocycles. The maximum absolute atomic E-state index is 14.1. The standard InChI is InChI=1S/C58H71ClN6O8S/c1-39-54(74-38-61-39)44-13-11-40(12-14-44)36-60-56(71)50-35-47(68)37-65(50)57(72)55(58(2,3)4)62-51(69)9-7-5-6-8-10-52(70)64-31-29-63(30-32-64)33-34-73-48-25-19-43(20-26-48)53(42-17-23-46(67)24-18-42)49(27-28-59)41-15-21-45(66)22-16-41/h11-26,38,47,50,55,66-68H,5-10,27-37H2,1-4H3,(H,60,71)(H,62,69)/t47-,50+,55-/m1/s1. The summed E-state index contributed by atoms with van der Waals surface area (Å²) in [6.07, 6.45) is 3.46. The SMILES string of the molecule is Cc1ncsc1-c1ccc(CNC(=O)[C@@H]2C[C@@H](O)CN2C(=O)[C@@H](NC(=O)CCCCCCC(=O)N2CCN(CCOc3ccc(C(=C(CCCl)c4ccc(O)cc4)c4ccc(O)cc4)cc3)CC2)C(C)(C)C)cc1. The second-order valence-electron chi connectivity index (χ2n) is 20.3. The maximum atomic E-state index is 14.1. The highest BCUT2D eigenvalue weighted by Crippen LogP contribution is 2.37. The Hall–Kier alpha value is -6.26. The number of unbranched alkanes of at least 4 members (excludes halogenated alkanes) is 3. The number of aliphatic hydroxyl groups is 1. The van der Waals surface area contributed by atoms with Crippen LogP contribution in [0, 0.1) is 12.3 Å². The number of rotatable bonds is 22. The number of likely N-dealkylation sites (tertiary alicyclic amines) is 1. The first-order chi connectivity index (χ1) is 35.6. The number of aliphatic hydroxyl groups excluding tert-OH is 1. The molecule has 1 aromatic heterocycles. The van der Waals surface area contributed by atoms with Gasteiger partial charge in [0.2, 0.25) is 23.6 Å². The van der Waals surface area contributed by atoms with E-state index in [9.17, 15) is 34.5 Å². The predicted molar refractivity (Wildman–Crippen MR) is 292 cm³/mol. The molecule has 5 N–H and O–H groups in total. The van der Waals surface area contributed by atoms with Crippen LogP contribution in [-0.4, -0.2) is 129 Å². The van der Waals surface area contributed by atoms with Crippen LogP contribution in [0.25, 0.3) is 21.6 Å². The van der Waals surface area contributed by atoms with Crippen LogP contribution >= 0.6 is 22.9 Å². The molecule has 2 aliphatic rings. The number of aryl methyl sites for hydroxylation is 1. The fourth-order valence-corrected chi connectivity index (χ4v) is 10.6. The predicted octanol–water partition coefficient (Wildman–Crippen LogP) is 8.79. The van der Waals surface area contributed by atoms with Gasteiger partial charge in [-0.2, -0.15) is 0 Å². The number of ether oxygens (including phenoxy) is 1. The molecular formula is C58H71ClN6O8S. The van der Waals surface area contributed by atoms with Crippen LogP contribution in [0.4, 0.5) is 0 Å². The highest BCUT2D eigenvalue weighted by Gasteiger charge is 2.44. The Labute approximate surface area is 444 Å². The van der Waals surface area contributed by atoms with Crippen molar-refractivity contribution in [2.45, 2.75) is 104 Å². The summed E-state index contributed by atoms with van der Waals surface area (Å²) in [5.41, 5.74) is 8.94. The Bertz CT molecular complexity index is 2680. The first-order valence-electron chi connectivity index (χ1n) is 25.7. The second kappa shape index (κ2) is 26.3. The quantitative estimate of drug-likeness (QED) is 0.0255. The number of β-amino-alcohol motifs (C(OH)–C–C–N with tert-alkyl or cyclic N) is 1. The molecule has 4 aromatic carbocycles. The van der Waals surface area contributed by atoms with Gasteiger partial charge in [0.05, 0.1) is 22.2 Å². The average Bonchev–Trinajstić information content (AvgIpc) is 4.01. The zero-order valence-electron chi connectivity index (χ0n) is 43.0. The van der Waals surface area contributed by atoms with Gasteiger partial charge in [-0.1, -0.05) is 94.3 Å². The number of carbonyl (C=O) groups excluding carboxylic acids is 4. The molecular weight excluding hydrogens is 976 g/mol. The molecule has 7 rings (SSSR count). The van der Waals surface area contributed by atoms with Crippen LogP contribution < -0.4 is 15.4 Å². The van der Waals surface area contributed by atoms with Gasteiger partial charge in [0.1, 0.15) is 35.9 Å². The summed E-state index contributed by atoms with van der Waals surface area (Å²) >= 11 is 7.89. The summed E-state index contributed by atoms with van der Waals surface area (Å²) in [5.74, 6) is 0.670. The number of allylic oxidation sites excluding steroid dienone is 1. The van der Waals surface area contributed by atoms with E-state index in [1.54, 1.807) is 35.6 Å². The molecule has 2 fully saturated rings. The molecule has 4 amide bonds. The van der Waals surface area contributed by atoms with Crippen molar-refractivity contribution in [2.24, 2.45) is 5.41 Å². The molecule has 14 nitrogen and oxygen atoms in total. The summed E-state index contributed by atoms with van der Waals surface area (Å²) in [6.45, 7) is 11.9. The molecule has 0 bridgehead atoms. The fourth-order valence-electron chi connectivity index (χ4n) is 9.63. The summed E-state index contributed by atoms with van der Waals surface area (Å²) in [5, 5.41) is 36.5. The molecule has 0 spiro atoms. The van der Waals surface area contributed by atoms with Crippen LogP contribution in [0.2, 0.25) is 0 Å². The lowest BCUT2D eigenvalue weighted by Gasteiger charge is -2.35. The molecule has 74 heavy (non-hydrogen) atoms. The Balaban J connectivity index is 0.793. The Morgan fingerprint density at radius 3 is 2.00 bits per heavy atom. The van der Waals surface area contributed by atoms with E-state index in [0.717, 1.165) is 94.2 Å². The van der Waals surface area contributed by atoms with E-state index in [0.29, 0.717) is 44.8 Å². The number of alkyl halides is 1. The molecule has 5 aromatic rings. The zero-order valence-corrected chi connectivity index (χ0v) is 44.6. The molecule has 2 saturated heterocycles. The minimum absolute atomic E-state index is 0.00947. The number of hydrogen-bond acceptors (Lipinski definition) is 11. The number of piperazine rings is 1. The largest absolute Gasteiger partial charge is 0.508 e. The van der Waals surface area contributed by atoms with Gasteiger partial charge in [0.25, 0.3) is 0 Å². The Morgan fingerprint density at radius 1 is 0.797 bits per heavy atom. The molecule has 0 aliphatic carbocycles. The molecule has 3 atom stereocenters. The van der Waals surface area contributed by atoms with E-state index in [1.165, 1.54) is 4.90 Å². The van der Waals surface area contributed by atoms with E-state index >= 15 is 0 Å². The van der Waals surface area contributed by atoms with Gasteiger partial charge in [-0.05, 0) is 107 Å². The van der Waals surface area contributed by atoms with E-state index < -0.39 is 29.5 Å². The number of nitrogens with zero attached hydrogens (tertiary/aromatic N) is 4. The molecule has 0 saturated carbocycles. The lowest BCUT2D eigenvalue weighted by Crippen LogP contribution is -2.57. The number of thiazole rings is 1. The lowest BCUT2D eigenvalue weighted by molar-refractivity contribution is -0.144. The van der Waals surface area contributed by atoms with Crippen LogP contribution in [0.5, 0.6) is 17.2 Å². The number of aromatic nitrogens is 1.